The number of thiocarbonyl (C=S) groups is 1. The van der Waals surface area contributed by atoms with Crippen molar-refractivity contribution in [1.29, 1.82) is 5.26 Å². The van der Waals surface area contributed by atoms with Crippen molar-refractivity contribution in [2.45, 2.75) is 159 Å². The number of benzene rings is 2. The minimum absolute atomic E-state index is 0.0850. The number of aromatic hydroxyl groups is 1. The molecule has 3 unspecified atom stereocenters. The molecule has 0 aromatic heterocycles. The van der Waals surface area contributed by atoms with Crippen LogP contribution < -0.4 is 5.32 Å². The molecule has 3 rings (SSSR count). The number of phenolic OH excluding ortho intramolecular Hbond substituents is 1. The van der Waals surface area contributed by atoms with Crippen molar-refractivity contribution in [3.05, 3.63) is 87.8 Å². The number of rotatable bonds is 15. The van der Waals surface area contributed by atoms with Crippen LogP contribution in [0.3, 0.4) is 0 Å². The van der Waals surface area contributed by atoms with Crippen LogP contribution in [-0.2, 0) is 15.8 Å². The zero-order valence-electron chi connectivity index (χ0n) is 37.7. The van der Waals surface area contributed by atoms with Gasteiger partial charge < -0.3 is 15.3 Å². The number of allylic oxidation sites excluding steroid dienone is 2. The SMILES string of the molecule is C=C(CCC)N1N=C(c2cc(C)ccc2O)NC(=O)/C1=C(\C)C(C)CC.CCCC(=O)C(C)(C)N(C(C)=S)C(CC)CC(C)CC.Cc1ccc(C#N)c(C(F)(F)F)c1. The zero-order valence-corrected chi connectivity index (χ0v) is 38.5. The highest BCUT2D eigenvalue weighted by molar-refractivity contribution is 7.80. The molecule has 12 heteroatoms. The van der Waals surface area contributed by atoms with E-state index in [1.54, 1.807) is 18.0 Å². The first-order chi connectivity index (χ1) is 27.5. The summed E-state index contributed by atoms with van der Waals surface area (Å²) in [5.41, 5.74) is 2.57. The zero-order chi connectivity index (χ0) is 45.4. The Labute approximate surface area is 357 Å². The average Bonchev–Trinajstić information content (AvgIpc) is 3.17. The normalized spacial score (nSPS) is 15.1. The average molecular weight is 840 g/mol. The van der Waals surface area contributed by atoms with Crippen molar-refractivity contribution in [2.75, 3.05) is 0 Å². The highest BCUT2D eigenvalue weighted by Gasteiger charge is 2.38. The van der Waals surface area contributed by atoms with E-state index in [1.165, 1.54) is 24.6 Å². The predicted octanol–water partition coefficient (Wildman–Crippen LogP) is 12.3. The van der Waals surface area contributed by atoms with Crippen molar-refractivity contribution in [1.82, 2.24) is 15.2 Å². The summed E-state index contributed by atoms with van der Waals surface area (Å²) in [6, 6.07) is 10.7. The Kier molecular flexibility index (Phi) is 21.3. The van der Waals surface area contributed by atoms with E-state index in [2.05, 4.69) is 70.4 Å². The number of ketones is 1. The maximum absolute atomic E-state index is 12.9. The van der Waals surface area contributed by atoms with Crippen LogP contribution in [0.2, 0.25) is 0 Å². The van der Waals surface area contributed by atoms with Crippen molar-refractivity contribution < 1.29 is 27.9 Å². The third-order valence-corrected chi connectivity index (χ3v) is 10.9. The number of hydrazone groups is 1. The van der Waals surface area contributed by atoms with Crippen molar-refractivity contribution in [3.8, 4) is 11.8 Å². The van der Waals surface area contributed by atoms with Gasteiger partial charge in [0.05, 0.1) is 33.3 Å². The van der Waals surface area contributed by atoms with Crippen molar-refractivity contribution >= 4 is 34.7 Å². The summed E-state index contributed by atoms with van der Waals surface area (Å²) >= 11 is 5.47. The maximum atomic E-state index is 12.9. The molecule has 0 saturated carbocycles. The lowest BCUT2D eigenvalue weighted by molar-refractivity contribution is -0.137. The second-order valence-electron chi connectivity index (χ2n) is 16.0. The number of amides is 1. The molecule has 3 atom stereocenters. The largest absolute Gasteiger partial charge is 0.507 e. The summed E-state index contributed by atoms with van der Waals surface area (Å²) in [6.45, 7) is 30.6. The van der Waals surface area contributed by atoms with Gasteiger partial charge in [-0.15, -0.1) is 5.10 Å². The number of phenols is 1. The topological polar surface area (TPSA) is 109 Å². The van der Waals surface area contributed by atoms with Gasteiger partial charge in [-0.2, -0.15) is 18.4 Å². The van der Waals surface area contributed by atoms with Gasteiger partial charge >= 0.3 is 6.18 Å². The highest BCUT2D eigenvalue weighted by Crippen LogP contribution is 2.33. The number of alkyl halides is 3. The molecule has 2 N–H and O–H groups in total. The van der Waals surface area contributed by atoms with Crippen LogP contribution in [0.25, 0.3) is 0 Å². The van der Waals surface area contributed by atoms with Gasteiger partial charge in [-0.3, -0.25) is 9.59 Å². The van der Waals surface area contributed by atoms with Crippen molar-refractivity contribution in [2.24, 2.45) is 16.9 Å². The molecule has 1 aliphatic rings. The summed E-state index contributed by atoms with van der Waals surface area (Å²) in [4.78, 5) is 28.5. The highest BCUT2D eigenvalue weighted by atomic mass is 32.1. The first-order valence-electron chi connectivity index (χ1n) is 20.8. The molecule has 0 spiro atoms. The van der Waals surface area contributed by atoms with Gasteiger partial charge in [0, 0.05) is 18.2 Å². The molecule has 0 aliphatic carbocycles. The summed E-state index contributed by atoms with van der Waals surface area (Å²) in [6.07, 6.45) is 2.97. The molecule has 8 nitrogen and oxygen atoms in total. The van der Waals surface area contributed by atoms with Crippen LogP contribution in [0.1, 0.15) is 155 Å². The van der Waals surface area contributed by atoms with E-state index in [1.807, 2.05) is 46.8 Å². The van der Waals surface area contributed by atoms with E-state index in [-0.39, 0.29) is 23.1 Å². The number of Topliss-reactive ketones (excluding diaryl/α,β-unsaturated/α-hetero) is 1. The fourth-order valence-corrected chi connectivity index (χ4v) is 7.14. The van der Waals surface area contributed by atoms with Crippen molar-refractivity contribution in [3.63, 3.8) is 0 Å². The lowest BCUT2D eigenvalue weighted by atomic mass is 9.88. The second kappa shape index (κ2) is 23.9. The number of nitrogens with one attached hydrogen (secondary N) is 1. The van der Waals surface area contributed by atoms with Crippen LogP contribution in [0, 0.1) is 37.0 Å². The predicted molar refractivity (Wildman–Crippen MR) is 239 cm³/mol. The lowest BCUT2D eigenvalue weighted by Gasteiger charge is -2.44. The quantitative estimate of drug-likeness (QED) is 0.136. The molecule has 2 aromatic carbocycles. The molecule has 0 bridgehead atoms. The first kappa shape index (κ1) is 52.5. The van der Waals surface area contributed by atoms with E-state index in [9.17, 15) is 27.9 Å². The Morgan fingerprint density at radius 1 is 0.983 bits per heavy atom. The van der Waals surface area contributed by atoms with E-state index in [0.29, 0.717) is 46.8 Å². The Morgan fingerprint density at radius 3 is 2.05 bits per heavy atom. The molecule has 59 heavy (non-hydrogen) atoms. The minimum Gasteiger partial charge on any atom is -0.507 e. The van der Waals surface area contributed by atoms with Gasteiger partial charge in [-0.1, -0.05) is 103 Å². The van der Waals surface area contributed by atoms with Gasteiger partial charge in [-0.05, 0) is 115 Å². The molecule has 2 aromatic rings. The molecular weight excluding hydrogens is 772 g/mol. The number of halogens is 3. The molecule has 1 amide bonds. The number of amidine groups is 1. The first-order valence-corrected chi connectivity index (χ1v) is 21.2. The second-order valence-corrected chi connectivity index (χ2v) is 16.6. The fourth-order valence-electron chi connectivity index (χ4n) is 6.76. The van der Waals surface area contributed by atoms with E-state index >= 15 is 0 Å². The van der Waals surface area contributed by atoms with Crippen LogP contribution in [0.5, 0.6) is 5.75 Å². The minimum atomic E-state index is -4.45. The van der Waals surface area contributed by atoms with E-state index < -0.39 is 17.3 Å². The number of aryl methyl sites for hydroxylation is 2. The molecule has 0 fully saturated rings. The van der Waals surface area contributed by atoms with Crippen LogP contribution >= 0.6 is 12.2 Å². The molecule has 1 heterocycles. The molecular formula is C47H68F3N5O3S. The number of hydrogen-bond donors (Lipinski definition) is 2. The smallest absolute Gasteiger partial charge is 0.417 e. The van der Waals surface area contributed by atoms with Gasteiger partial charge in [0.2, 0.25) is 0 Å². The Balaban J connectivity index is 0.000000468. The summed E-state index contributed by atoms with van der Waals surface area (Å²) in [5.74, 6) is 1.43. The molecule has 0 radical (unpaired) electrons. The van der Waals surface area contributed by atoms with Crippen LogP contribution in [0.15, 0.2) is 65.0 Å². The van der Waals surface area contributed by atoms with E-state index in [0.717, 1.165) is 66.4 Å². The lowest BCUT2D eigenvalue weighted by Crippen LogP contribution is -2.56. The molecule has 1 aliphatic heterocycles. The Morgan fingerprint density at radius 2 is 1.56 bits per heavy atom. The van der Waals surface area contributed by atoms with Crippen LogP contribution in [-0.4, -0.2) is 49.1 Å². The third-order valence-electron chi connectivity index (χ3n) is 10.7. The standard InChI is InChI=1S/C21H29N3O2.C17H33NOS.C9H6F3N/c1-7-9-15(5)24-19(16(6)14(4)8-2)21(26)22-20(23-24)17-12-13(3)10-11-18(17)25;1-8-11-16(19)17(6,7)18(14(5)20)15(10-3)12-13(4)9-2;1-6-2-3-7(5-13)8(4-6)9(10,11)12/h10-12,14,25H,5,7-9H2,1-4,6H3,(H,22,23,26);13,15H,8-12H2,1-7H3;2-4H,1H3/b19-16-;;. The Bertz CT molecular complexity index is 1880. The van der Waals surface area contributed by atoms with Gasteiger partial charge in [0.1, 0.15) is 11.4 Å². The van der Waals surface area contributed by atoms with Gasteiger partial charge in [0.15, 0.2) is 11.6 Å². The fraction of sp³-hybridized carbons (Fsp3) is 0.553. The molecule has 326 valence electrons. The van der Waals surface area contributed by atoms with E-state index in [4.69, 9.17) is 17.5 Å². The number of nitriles is 1. The molecule has 0 saturated heterocycles. The third kappa shape index (κ3) is 14.9. The number of carbonyl (C=O) groups excluding carboxylic acids is 2. The monoisotopic (exact) mass is 839 g/mol. The summed E-state index contributed by atoms with van der Waals surface area (Å²) in [5, 5.41) is 27.8. The van der Waals surface area contributed by atoms with Crippen LogP contribution in [0.4, 0.5) is 13.2 Å². The summed E-state index contributed by atoms with van der Waals surface area (Å²) < 4.78 is 36.8. The van der Waals surface area contributed by atoms with Gasteiger partial charge in [-0.25, -0.2) is 5.01 Å². The maximum Gasteiger partial charge on any atom is 0.417 e. The Hall–Kier alpha value is -4.50. The number of nitrogens with zero attached hydrogens (tertiary/aromatic N) is 4. The summed E-state index contributed by atoms with van der Waals surface area (Å²) in [7, 11) is 0. The number of carbonyl (C=O) groups is 2. The number of hydrogen-bond acceptors (Lipinski definition) is 7. The van der Waals surface area contributed by atoms with Gasteiger partial charge in [0.25, 0.3) is 5.91 Å².